The Labute approximate surface area is 156 Å². The first-order chi connectivity index (χ1) is 12.5. The van der Waals surface area contributed by atoms with Gasteiger partial charge in [-0.15, -0.1) is 0 Å². The summed E-state index contributed by atoms with van der Waals surface area (Å²) in [4.78, 5) is 12.1. The first kappa shape index (κ1) is 17.8. The Bertz CT molecular complexity index is 811. The molecule has 0 bridgehead atoms. The van der Waals surface area contributed by atoms with Crippen LogP contribution in [0.5, 0.6) is 17.2 Å². The zero-order valence-electron chi connectivity index (χ0n) is 14.4. The van der Waals surface area contributed by atoms with Gasteiger partial charge in [0.25, 0.3) is 5.91 Å². The number of nitrogens with one attached hydrogen (secondary N) is 3. The van der Waals surface area contributed by atoms with E-state index in [2.05, 4.69) is 16.2 Å². The Hall–Kier alpha value is -3.00. The number of carbonyl (C=O) groups excluding carboxylic acids is 1. The average Bonchev–Trinajstić information content (AvgIpc) is 3.09. The van der Waals surface area contributed by atoms with Gasteiger partial charge in [-0.05, 0) is 50.3 Å². The number of hydrogen-bond acceptors (Lipinski definition) is 5. The van der Waals surface area contributed by atoms with Crippen LogP contribution >= 0.6 is 12.2 Å². The third kappa shape index (κ3) is 4.54. The number of amides is 1. The molecule has 1 amide bonds. The SMILES string of the molecule is Cc1ccc(NC(=S)NNC(=O)C(C)Oc2ccc3c(c2)OCO3)cc1. The molecule has 8 heteroatoms. The number of rotatable bonds is 4. The predicted octanol–water partition coefficient (Wildman–Crippen LogP) is 2.51. The summed E-state index contributed by atoms with van der Waals surface area (Å²) in [5.74, 6) is 1.40. The van der Waals surface area contributed by atoms with Gasteiger partial charge >= 0.3 is 0 Å². The minimum atomic E-state index is -0.731. The molecule has 0 fully saturated rings. The van der Waals surface area contributed by atoms with E-state index in [0.717, 1.165) is 11.3 Å². The Morgan fingerprint density at radius 2 is 1.85 bits per heavy atom. The highest BCUT2D eigenvalue weighted by Gasteiger charge is 2.18. The highest BCUT2D eigenvalue weighted by molar-refractivity contribution is 7.80. The van der Waals surface area contributed by atoms with Crippen LogP contribution in [0.15, 0.2) is 42.5 Å². The van der Waals surface area contributed by atoms with Gasteiger partial charge in [0, 0.05) is 11.8 Å². The maximum atomic E-state index is 12.1. The molecule has 1 atom stereocenters. The Morgan fingerprint density at radius 1 is 1.12 bits per heavy atom. The van der Waals surface area contributed by atoms with Gasteiger partial charge in [0.2, 0.25) is 6.79 Å². The molecular weight excluding hydrogens is 354 g/mol. The second-order valence-corrected chi connectivity index (χ2v) is 6.12. The number of carbonyl (C=O) groups is 1. The summed E-state index contributed by atoms with van der Waals surface area (Å²) < 4.78 is 16.1. The number of benzene rings is 2. The van der Waals surface area contributed by atoms with E-state index in [9.17, 15) is 4.79 Å². The fourth-order valence-electron chi connectivity index (χ4n) is 2.23. The highest BCUT2D eigenvalue weighted by atomic mass is 32.1. The molecule has 26 heavy (non-hydrogen) atoms. The number of ether oxygens (including phenoxy) is 3. The van der Waals surface area contributed by atoms with Gasteiger partial charge in [-0.3, -0.25) is 15.6 Å². The standard InChI is InChI=1S/C18H19N3O4S/c1-11-3-5-13(6-4-11)19-18(26)21-20-17(22)12(2)25-14-7-8-15-16(9-14)24-10-23-15/h3-9,12H,10H2,1-2H3,(H,20,22)(H2,19,21,26). The first-order valence-corrected chi connectivity index (χ1v) is 8.42. The molecule has 0 aliphatic carbocycles. The van der Waals surface area contributed by atoms with Crippen molar-refractivity contribution >= 4 is 28.9 Å². The van der Waals surface area contributed by atoms with Crippen molar-refractivity contribution in [2.24, 2.45) is 0 Å². The van der Waals surface area contributed by atoms with Crippen LogP contribution in [-0.4, -0.2) is 23.9 Å². The molecule has 0 spiro atoms. The van der Waals surface area contributed by atoms with E-state index in [-0.39, 0.29) is 17.8 Å². The van der Waals surface area contributed by atoms with Crippen molar-refractivity contribution in [3.8, 4) is 17.2 Å². The third-order valence-corrected chi connectivity index (χ3v) is 3.84. The molecule has 3 N–H and O–H groups in total. The van der Waals surface area contributed by atoms with Crippen molar-refractivity contribution in [1.82, 2.24) is 10.9 Å². The summed E-state index contributed by atoms with van der Waals surface area (Å²) in [6, 6.07) is 12.9. The van der Waals surface area contributed by atoms with Gasteiger partial charge in [-0.1, -0.05) is 17.7 Å². The van der Waals surface area contributed by atoms with E-state index in [1.807, 2.05) is 31.2 Å². The molecule has 0 radical (unpaired) electrons. The van der Waals surface area contributed by atoms with Crippen LogP contribution in [0.3, 0.4) is 0 Å². The van der Waals surface area contributed by atoms with Crippen LogP contribution < -0.4 is 30.4 Å². The molecular formula is C18H19N3O4S. The lowest BCUT2D eigenvalue weighted by Gasteiger charge is -2.16. The fraction of sp³-hybridized carbons (Fsp3) is 0.222. The number of thiocarbonyl (C=S) groups is 1. The topological polar surface area (TPSA) is 80.9 Å². The summed E-state index contributed by atoms with van der Waals surface area (Å²) in [5, 5.41) is 3.25. The lowest BCUT2D eigenvalue weighted by Crippen LogP contribution is -2.48. The van der Waals surface area contributed by atoms with Gasteiger partial charge in [-0.2, -0.15) is 0 Å². The molecule has 0 saturated heterocycles. The van der Waals surface area contributed by atoms with Crippen molar-refractivity contribution in [1.29, 1.82) is 0 Å². The summed E-state index contributed by atoms with van der Waals surface area (Å²) >= 11 is 5.15. The molecule has 2 aromatic rings. The van der Waals surface area contributed by atoms with Crippen molar-refractivity contribution < 1.29 is 19.0 Å². The smallest absolute Gasteiger partial charge is 0.279 e. The maximum Gasteiger partial charge on any atom is 0.279 e. The molecule has 1 heterocycles. The Kier molecular flexibility index (Phi) is 5.43. The van der Waals surface area contributed by atoms with Crippen LogP contribution in [0.2, 0.25) is 0 Å². The second kappa shape index (κ2) is 7.92. The molecule has 136 valence electrons. The van der Waals surface area contributed by atoms with Gasteiger partial charge in [0.1, 0.15) is 5.75 Å². The molecule has 7 nitrogen and oxygen atoms in total. The quantitative estimate of drug-likeness (QED) is 0.561. The van der Waals surface area contributed by atoms with Gasteiger partial charge in [-0.25, -0.2) is 0 Å². The normalized spacial score (nSPS) is 12.8. The highest BCUT2D eigenvalue weighted by Crippen LogP contribution is 2.35. The third-order valence-electron chi connectivity index (χ3n) is 3.63. The van der Waals surface area contributed by atoms with Crippen molar-refractivity contribution in [3.63, 3.8) is 0 Å². The van der Waals surface area contributed by atoms with E-state index in [1.54, 1.807) is 25.1 Å². The van der Waals surface area contributed by atoms with Gasteiger partial charge < -0.3 is 19.5 Å². The second-order valence-electron chi connectivity index (χ2n) is 5.71. The molecule has 2 aromatic carbocycles. The van der Waals surface area contributed by atoms with Crippen LogP contribution in [-0.2, 0) is 4.79 Å². The van der Waals surface area contributed by atoms with E-state index >= 15 is 0 Å². The van der Waals surface area contributed by atoms with Crippen LogP contribution in [0, 0.1) is 6.92 Å². The number of hydrazine groups is 1. The number of hydrogen-bond donors (Lipinski definition) is 3. The fourth-order valence-corrected chi connectivity index (χ4v) is 2.40. The number of fused-ring (bicyclic) bond motifs is 1. The molecule has 1 unspecified atom stereocenters. The minimum Gasteiger partial charge on any atom is -0.481 e. The van der Waals surface area contributed by atoms with E-state index in [4.69, 9.17) is 26.4 Å². The minimum absolute atomic E-state index is 0.185. The molecule has 1 aliphatic rings. The monoisotopic (exact) mass is 373 g/mol. The number of aryl methyl sites for hydroxylation is 1. The zero-order chi connectivity index (χ0) is 18.5. The number of anilines is 1. The molecule has 0 saturated carbocycles. The van der Waals surface area contributed by atoms with Gasteiger partial charge in [0.05, 0.1) is 0 Å². The van der Waals surface area contributed by atoms with Crippen molar-refractivity contribution in [2.75, 3.05) is 12.1 Å². The Balaban J connectivity index is 1.46. The first-order valence-electron chi connectivity index (χ1n) is 8.01. The summed E-state index contributed by atoms with van der Waals surface area (Å²) in [6.07, 6.45) is -0.731. The van der Waals surface area contributed by atoms with Crippen molar-refractivity contribution in [2.45, 2.75) is 20.0 Å². The van der Waals surface area contributed by atoms with Gasteiger partial charge in [0.15, 0.2) is 22.7 Å². The van der Waals surface area contributed by atoms with E-state index in [1.165, 1.54) is 0 Å². The molecule has 1 aliphatic heterocycles. The van der Waals surface area contributed by atoms with Crippen LogP contribution in [0.25, 0.3) is 0 Å². The summed E-state index contributed by atoms with van der Waals surface area (Å²) in [6.45, 7) is 3.82. The Morgan fingerprint density at radius 3 is 2.62 bits per heavy atom. The predicted molar refractivity (Wildman–Crippen MR) is 101 cm³/mol. The summed E-state index contributed by atoms with van der Waals surface area (Å²) in [5.41, 5.74) is 7.14. The van der Waals surface area contributed by atoms with E-state index < -0.39 is 6.10 Å². The molecule has 0 aromatic heterocycles. The van der Waals surface area contributed by atoms with Crippen molar-refractivity contribution in [3.05, 3.63) is 48.0 Å². The lowest BCUT2D eigenvalue weighted by atomic mass is 10.2. The maximum absolute atomic E-state index is 12.1. The molecule has 3 rings (SSSR count). The largest absolute Gasteiger partial charge is 0.481 e. The van der Waals surface area contributed by atoms with Crippen LogP contribution in [0.4, 0.5) is 5.69 Å². The average molecular weight is 373 g/mol. The van der Waals surface area contributed by atoms with E-state index in [0.29, 0.717) is 17.2 Å². The van der Waals surface area contributed by atoms with Crippen LogP contribution in [0.1, 0.15) is 12.5 Å². The summed E-state index contributed by atoms with van der Waals surface area (Å²) in [7, 11) is 0. The zero-order valence-corrected chi connectivity index (χ0v) is 15.2. The lowest BCUT2D eigenvalue weighted by molar-refractivity contribution is -0.127.